The average molecular weight is 316 g/mol. The number of ketones is 1. The van der Waals surface area contributed by atoms with Crippen molar-refractivity contribution in [3.63, 3.8) is 0 Å². The summed E-state index contributed by atoms with van der Waals surface area (Å²) >= 11 is 0. The van der Waals surface area contributed by atoms with E-state index < -0.39 is 0 Å². The first-order valence-corrected chi connectivity index (χ1v) is 9.76. The predicted octanol–water partition coefficient (Wildman–Crippen LogP) is 4.52. The Balaban J connectivity index is 1.62. The van der Waals surface area contributed by atoms with Gasteiger partial charge in [-0.25, -0.2) is 0 Å². The highest BCUT2D eigenvalue weighted by Crippen LogP contribution is 2.66. The molecule has 3 saturated carbocycles. The normalized spacial score (nSPS) is 52.2. The van der Waals surface area contributed by atoms with Crippen LogP contribution in [0.2, 0.25) is 0 Å². The summed E-state index contributed by atoms with van der Waals surface area (Å²) in [4.78, 5) is 12.1. The SMILES string of the molecule is CC(=O)C1=CC[C@H]2[C@@H]3CC[C@H]4C[C@H](O)CC[C@]4(C)[C@H]3CC[C@]12C. The summed E-state index contributed by atoms with van der Waals surface area (Å²) in [5.74, 6) is 3.31. The van der Waals surface area contributed by atoms with Crippen LogP contribution in [0, 0.1) is 34.5 Å². The predicted molar refractivity (Wildman–Crippen MR) is 91.9 cm³/mol. The molecule has 2 nitrogen and oxygen atoms in total. The van der Waals surface area contributed by atoms with Gasteiger partial charge in [0.2, 0.25) is 0 Å². The van der Waals surface area contributed by atoms with E-state index >= 15 is 0 Å². The second-order valence-electron chi connectivity index (χ2n) is 9.45. The van der Waals surface area contributed by atoms with E-state index in [4.69, 9.17) is 0 Å². The molecule has 1 N–H and O–H groups in total. The number of carbonyl (C=O) groups excluding carboxylic acids is 1. The molecule has 0 heterocycles. The van der Waals surface area contributed by atoms with Crippen LogP contribution in [-0.4, -0.2) is 17.0 Å². The first-order chi connectivity index (χ1) is 10.9. The molecule has 23 heavy (non-hydrogen) atoms. The molecular formula is C21H32O2. The smallest absolute Gasteiger partial charge is 0.156 e. The second kappa shape index (κ2) is 5.18. The van der Waals surface area contributed by atoms with Crippen LogP contribution in [0.15, 0.2) is 11.6 Å². The average Bonchev–Trinajstić information content (AvgIpc) is 2.85. The van der Waals surface area contributed by atoms with Gasteiger partial charge in [0.15, 0.2) is 5.78 Å². The molecule has 4 aliphatic carbocycles. The Hall–Kier alpha value is -0.630. The molecule has 0 aromatic rings. The third-order valence-corrected chi connectivity index (χ3v) is 8.60. The Morgan fingerprint density at radius 3 is 2.65 bits per heavy atom. The molecule has 0 aliphatic heterocycles. The van der Waals surface area contributed by atoms with E-state index in [0.717, 1.165) is 42.6 Å². The molecule has 0 aromatic heterocycles. The summed E-state index contributed by atoms with van der Waals surface area (Å²) in [5.41, 5.74) is 1.71. The summed E-state index contributed by atoms with van der Waals surface area (Å²) in [6.45, 7) is 6.65. The lowest BCUT2D eigenvalue weighted by Crippen LogP contribution is -2.53. The number of carbonyl (C=O) groups is 1. The number of aliphatic hydroxyl groups excluding tert-OH is 1. The van der Waals surface area contributed by atoms with Crippen molar-refractivity contribution in [3.05, 3.63) is 11.6 Å². The Morgan fingerprint density at radius 2 is 1.91 bits per heavy atom. The number of rotatable bonds is 1. The standard InChI is InChI=1S/C21H32O2/c1-13(22)17-6-7-18-16-5-4-14-12-15(23)8-10-20(14,2)19(16)9-11-21(17,18)3/h6,14-16,18-19,23H,4-5,7-12H2,1-3H3/t14-,15+,16-,18-,19-,20-,21+/m0/s1. The van der Waals surface area contributed by atoms with E-state index in [1.165, 1.54) is 32.1 Å². The molecule has 0 radical (unpaired) electrons. The molecule has 4 rings (SSSR count). The van der Waals surface area contributed by atoms with Gasteiger partial charge in [0.25, 0.3) is 0 Å². The molecule has 0 saturated heterocycles. The lowest BCUT2D eigenvalue weighted by Gasteiger charge is -2.60. The largest absolute Gasteiger partial charge is 0.393 e. The topological polar surface area (TPSA) is 37.3 Å². The Kier molecular flexibility index (Phi) is 3.58. The van der Waals surface area contributed by atoms with Gasteiger partial charge in [-0.3, -0.25) is 4.79 Å². The van der Waals surface area contributed by atoms with Crippen molar-refractivity contribution in [3.8, 4) is 0 Å². The van der Waals surface area contributed by atoms with E-state index in [2.05, 4.69) is 19.9 Å². The van der Waals surface area contributed by atoms with Gasteiger partial charge in [-0.05, 0) is 98.4 Å². The number of aliphatic hydroxyl groups is 1. The summed E-state index contributed by atoms with van der Waals surface area (Å²) in [6, 6.07) is 0. The molecular weight excluding hydrogens is 284 g/mol. The van der Waals surface area contributed by atoms with Crippen LogP contribution in [0.5, 0.6) is 0 Å². The monoisotopic (exact) mass is 316 g/mol. The van der Waals surface area contributed by atoms with Crippen molar-refractivity contribution in [2.24, 2.45) is 34.5 Å². The molecule has 0 unspecified atom stereocenters. The van der Waals surface area contributed by atoms with E-state index in [1.807, 2.05) is 0 Å². The number of Topliss-reactive ketones (excluding diaryl/α,β-unsaturated/α-hetero) is 1. The summed E-state index contributed by atoms with van der Waals surface area (Å²) in [5, 5.41) is 10.1. The highest BCUT2D eigenvalue weighted by Gasteiger charge is 2.58. The summed E-state index contributed by atoms with van der Waals surface area (Å²) in [7, 11) is 0. The fourth-order valence-electron chi connectivity index (χ4n) is 7.35. The van der Waals surface area contributed by atoms with E-state index in [9.17, 15) is 9.90 Å². The first-order valence-electron chi connectivity index (χ1n) is 9.76. The van der Waals surface area contributed by atoms with Crippen molar-refractivity contribution in [2.45, 2.75) is 78.2 Å². The van der Waals surface area contributed by atoms with Crippen LogP contribution in [0.3, 0.4) is 0 Å². The Labute approximate surface area is 140 Å². The second-order valence-corrected chi connectivity index (χ2v) is 9.45. The van der Waals surface area contributed by atoms with E-state index in [-0.39, 0.29) is 11.5 Å². The maximum absolute atomic E-state index is 12.1. The highest BCUT2D eigenvalue weighted by atomic mass is 16.3. The van der Waals surface area contributed by atoms with Gasteiger partial charge >= 0.3 is 0 Å². The van der Waals surface area contributed by atoms with E-state index in [1.54, 1.807) is 6.92 Å². The zero-order valence-corrected chi connectivity index (χ0v) is 15.0. The van der Waals surface area contributed by atoms with Gasteiger partial charge in [-0.1, -0.05) is 19.9 Å². The minimum Gasteiger partial charge on any atom is -0.393 e. The minimum absolute atomic E-state index is 0.0593. The zero-order chi connectivity index (χ0) is 16.4. The van der Waals surface area contributed by atoms with Crippen molar-refractivity contribution in [1.82, 2.24) is 0 Å². The molecule has 0 spiro atoms. The van der Waals surface area contributed by atoms with Crippen molar-refractivity contribution >= 4 is 5.78 Å². The maximum Gasteiger partial charge on any atom is 0.156 e. The van der Waals surface area contributed by atoms with Gasteiger partial charge in [-0.15, -0.1) is 0 Å². The van der Waals surface area contributed by atoms with Crippen LogP contribution in [0.4, 0.5) is 0 Å². The molecule has 128 valence electrons. The fourth-order valence-corrected chi connectivity index (χ4v) is 7.35. The lowest BCUT2D eigenvalue weighted by atomic mass is 9.44. The number of allylic oxidation sites excluding steroid dienone is 2. The number of hydrogen-bond acceptors (Lipinski definition) is 2. The Morgan fingerprint density at radius 1 is 1.13 bits per heavy atom. The third-order valence-electron chi connectivity index (χ3n) is 8.60. The highest BCUT2D eigenvalue weighted by molar-refractivity contribution is 5.95. The van der Waals surface area contributed by atoms with Crippen molar-refractivity contribution in [2.75, 3.05) is 0 Å². The van der Waals surface area contributed by atoms with Crippen LogP contribution in [0.1, 0.15) is 72.1 Å². The molecule has 0 bridgehead atoms. The lowest BCUT2D eigenvalue weighted by molar-refractivity contribution is -0.124. The molecule has 2 heteroatoms. The third kappa shape index (κ3) is 2.13. The summed E-state index contributed by atoms with van der Waals surface area (Å²) < 4.78 is 0. The molecule has 7 atom stereocenters. The Bertz CT molecular complexity index is 550. The number of fused-ring (bicyclic) bond motifs is 5. The molecule has 4 aliphatic rings. The van der Waals surface area contributed by atoms with Crippen LogP contribution >= 0.6 is 0 Å². The van der Waals surface area contributed by atoms with Gasteiger partial charge in [0.05, 0.1) is 6.10 Å². The van der Waals surface area contributed by atoms with Crippen molar-refractivity contribution < 1.29 is 9.90 Å². The maximum atomic E-state index is 12.1. The number of hydrogen-bond donors (Lipinski definition) is 1. The van der Waals surface area contributed by atoms with Crippen LogP contribution in [0.25, 0.3) is 0 Å². The van der Waals surface area contributed by atoms with Crippen molar-refractivity contribution in [1.29, 1.82) is 0 Å². The van der Waals surface area contributed by atoms with Crippen LogP contribution < -0.4 is 0 Å². The van der Waals surface area contributed by atoms with Crippen LogP contribution in [-0.2, 0) is 4.79 Å². The molecule has 3 fully saturated rings. The van der Waals surface area contributed by atoms with E-state index in [0.29, 0.717) is 17.1 Å². The first kappa shape index (κ1) is 15.9. The van der Waals surface area contributed by atoms with Gasteiger partial charge < -0.3 is 5.11 Å². The van der Waals surface area contributed by atoms with Gasteiger partial charge in [-0.2, -0.15) is 0 Å². The summed E-state index contributed by atoms with van der Waals surface area (Å²) in [6.07, 6.45) is 11.6. The fraction of sp³-hybridized carbons (Fsp3) is 0.857. The van der Waals surface area contributed by atoms with Gasteiger partial charge in [0, 0.05) is 0 Å². The molecule has 0 amide bonds. The molecule has 0 aromatic carbocycles. The van der Waals surface area contributed by atoms with Gasteiger partial charge in [0.1, 0.15) is 0 Å². The zero-order valence-electron chi connectivity index (χ0n) is 15.0. The minimum atomic E-state index is -0.0593. The quantitative estimate of drug-likeness (QED) is 0.772.